The third kappa shape index (κ3) is 5.10. The van der Waals surface area contributed by atoms with Crippen molar-refractivity contribution in [2.45, 2.75) is 19.9 Å². The van der Waals surface area contributed by atoms with Gasteiger partial charge in [0.15, 0.2) is 0 Å². The van der Waals surface area contributed by atoms with Gasteiger partial charge in [-0.05, 0) is 18.1 Å². The lowest BCUT2D eigenvalue weighted by atomic mass is 10.1. The topological polar surface area (TPSA) is 120 Å². The van der Waals surface area contributed by atoms with E-state index in [0.29, 0.717) is 36.9 Å². The third-order valence-electron chi connectivity index (χ3n) is 5.35. The quantitative estimate of drug-likeness (QED) is 0.419. The number of morpholine rings is 1. The fourth-order valence-electron chi connectivity index (χ4n) is 3.62. The highest BCUT2D eigenvalue weighted by Gasteiger charge is 2.28. The molecule has 0 atom stereocenters. The second kappa shape index (κ2) is 9.92. The number of rotatable bonds is 7. The molecule has 1 N–H and O–H groups in total. The Morgan fingerprint density at radius 2 is 1.97 bits per heavy atom. The predicted molar refractivity (Wildman–Crippen MR) is 123 cm³/mol. The van der Waals surface area contributed by atoms with Crippen molar-refractivity contribution in [3.05, 3.63) is 64.0 Å². The fourth-order valence-corrected chi connectivity index (χ4v) is 4.84. The Labute approximate surface area is 193 Å². The minimum atomic E-state index is -0.535. The molecule has 1 saturated heterocycles. The second-order valence-corrected chi connectivity index (χ2v) is 8.57. The van der Waals surface area contributed by atoms with E-state index < -0.39 is 4.92 Å². The van der Waals surface area contributed by atoms with Crippen molar-refractivity contribution in [3.8, 4) is 10.4 Å². The zero-order valence-corrected chi connectivity index (χ0v) is 18.8. The van der Waals surface area contributed by atoms with Gasteiger partial charge in [-0.1, -0.05) is 30.3 Å². The Balaban J connectivity index is 1.56. The summed E-state index contributed by atoms with van der Waals surface area (Å²) in [5, 5.41) is 18.1. The lowest BCUT2D eigenvalue weighted by molar-refractivity contribution is -0.385. The van der Waals surface area contributed by atoms with Crippen molar-refractivity contribution in [2.75, 3.05) is 31.6 Å². The molecule has 33 heavy (non-hydrogen) atoms. The predicted octanol–water partition coefficient (Wildman–Crippen LogP) is 3.33. The number of nitrogens with one attached hydrogen (secondary N) is 1. The van der Waals surface area contributed by atoms with E-state index in [9.17, 15) is 19.7 Å². The number of thiophene rings is 1. The molecule has 0 bridgehead atoms. The summed E-state index contributed by atoms with van der Waals surface area (Å²) in [4.78, 5) is 39.0. The van der Waals surface area contributed by atoms with Crippen LogP contribution in [0.15, 0.2) is 42.7 Å². The molecule has 0 radical (unpaired) electrons. The van der Waals surface area contributed by atoms with Gasteiger partial charge >= 0.3 is 5.69 Å². The average molecular weight is 470 g/mol. The molecule has 1 fully saturated rings. The van der Waals surface area contributed by atoms with Crippen molar-refractivity contribution in [2.24, 2.45) is 0 Å². The lowest BCUT2D eigenvalue weighted by Crippen LogP contribution is -2.41. The zero-order chi connectivity index (χ0) is 23.4. The van der Waals surface area contributed by atoms with Crippen molar-refractivity contribution >= 4 is 33.8 Å². The number of hydrogen-bond acceptors (Lipinski definition) is 7. The van der Waals surface area contributed by atoms with Crippen LogP contribution in [0.5, 0.6) is 0 Å². The van der Waals surface area contributed by atoms with Gasteiger partial charge in [-0.2, -0.15) is 5.10 Å². The third-order valence-corrected chi connectivity index (χ3v) is 6.60. The molecular weight excluding hydrogens is 446 g/mol. The normalized spacial score (nSPS) is 13.7. The van der Waals surface area contributed by atoms with Crippen molar-refractivity contribution in [1.29, 1.82) is 0 Å². The fraction of sp³-hybridized carbons (Fsp3) is 0.318. The van der Waals surface area contributed by atoms with Gasteiger partial charge in [0.25, 0.3) is 5.91 Å². The maximum atomic E-state index is 13.4. The molecule has 0 aliphatic carbocycles. The molecule has 2 aromatic heterocycles. The molecule has 4 rings (SSSR count). The summed E-state index contributed by atoms with van der Waals surface area (Å²) in [5.41, 5.74) is 2.15. The molecular formula is C22H23N5O5S. The minimum Gasteiger partial charge on any atom is -0.378 e. The van der Waals surface area contributed by atoms with Gasteiger partial charge in [0.2, 0.25) is 5.91 Å². The van der Waals surface area contributed by atoms with E-state index >= 15 is 0 Å². The van der Waals surface area contributed by atoms with Gasteiger partial charge in [-0.15, -0.1) is 11.3 Å². The number of nitrogens with zero attached hydrogens (tertiary/aromatic N) is 4. The summed E-state index contributed by atoms with van der Waals surface area (Å²) in [6.07, 6.45) is 2.48. The van der Waals surface area contributed by atoms with Crippen LogP contribution in [0.1, 0.15) is 22.3 Å². The van der Waals surface area contributed by atoms with Crippen molar-refractivity contribution in [1.82, 2.24) is 14.7 Å². The number of anilines is 1. The molecule has 3 aromatic rings. The van der Waals surface area contributed by atoms with Crippen LogP contribution in [-0.2, 0) is 16.1 Å². The van der Waals surface area contributed by atoms with Gasteiger partial charge in [0.1, 0.15) is 17.4 Å². The molecule has 0 spiro atoms. The van der Waals surface area contributed by atoms with E-state index in [1.165, 1.54) is 22.2 Å². The van der Waals surface area contributed by atoms with Crippen LogP contribution >= 0.6 is 11.3 Å². The highest BCUT2D eigenvalue weighted by Crippen LogP contribution is 2.40. The van der Waals surface area contributed by atoms with Crippen molar-refractivity contribution in [3.63, 3.8) is 0 Å². The Morgan fingerprint density at radius 3 is 2.64 bits per heavy atom. The van der Waals surface area contributed by atoms with Gasteiger partial charge in [0, 0.05) is 30.9 Å². The number of benzene rings is 1. The molecule has 0 saturated carbocycles. The Morgan fingerprint density at radius 1 is 1.24 bits per heavy atom. The highest BCUT2D eigenvalue weighted by atomic mass is 32.1. The van der Waals surface area contributed by atoms with E-state index in [1.807, 2.05) is 37.3 Å². The van der Waals surface area contributed by atoms with Crippen molar-refractivity contribution < 1.29 is 19.2 Å². The number of aryl methyl sites for hydroxylation is 1. The van der Waals surface area contributed by atoms with Gasteiger partial charge < -0.3 is 15.0 Å². The van der Waals surface area contributed by atoms with Gasteiger partial charge in [0.05, 0.1) is 23.7 Å². The van der Waals surface area contributed by atoms with Crippen LogP contribution < -0.4 is 5.32 Å². The number of carbonyl (C=O) groups is 2. The number of aromatic nitrogens is 2. The second-order valence-electron chi connectivity index (χ2n) is 7.55. The zero-order valence-electron chi connectivity index (χ0n) is 18.0. The molecule has 10 nitrogen and oxygen atoms in total. The first-order valence-corrected chi connectivity index (χ1v) is 11.3. The Bertz CT molecular complexity index is 1170. The molecule has 0 unspecified atom stereocenters. The Hall–Kier alpha value is -3.57. The van der Waals surface area contributed by atoms with E-state index in [4.69, 9.17) is 4.74 Å². The van der Waals surface area contributed by atoms with Crippen LogP contribution in [0.3, 0.4) is 0 Å². The van der Waals surface area contributed by atoms with Crippen LogP contribution in [0.4, 0.5) is 10.7 Å². The Kier molecular flexibility index (Phi) is 6.80. The maximum absolute atomic E-state index is 13.4. The highest BCUT2D eigenvalue weighted by molar-refractivity contribution is 7.20. The molecule has 1 aromatic carbocycles. The van der Waals surface area contributed by atoms with Crippen LogP contribution in [0, 0.1) is 17.0 Å². The number of nitro groups is 1. The smallest absolute Gasteiger partial charge is 0.306 e. The maximum Gasteiger partial charge on any atom is 0.306 e. The van der Waals surface area contributed by atoms with Gasteiger partial charge in [-0.3, -0.25) is 24.4 Å². The number of amides is 2. The van der Waals surface area contributed by atoms with Gasteiger partial charge in [-0.25, -0.2) is 0 Å². The largest absolute Gasteiger partial charge is 0.378 e. The molecule has 2 amide bonds. The number of ether oxygens (including phenoxy) is 1. The molecule has 1 aliphatic heterocycles. The van der Waals surface area contributed by atoms with E-state index in [1.54, 1.807) is 4.90 Å². The molecule has 3 heterocycles. The first-order valence-electron chi connectivity index (χ1n) is 10.5. The molecule has 172 valence electrons. The summed E-state index contributed by atoms with van der Waals surface area (Å²) < 4.78 is 6.72. The van der Waals surface area contributed by atoms with E-state index in [0.717, 1.165) is 22.2 Å². The number of hydrogen-bond donors (Lipinski definition) is 1. The SMILES string of the molecule is Cc1c(-c2ccccc2)sc(NC(=O)CCn2cc([N+](=O)[O-])cn2)c1C(=O)N1CCOCC1. The monoisotopic (exact) mass is 469 g/mol. The van der Waals surface area contributed by atoms with Crippen LogP contribution in [0.25, 0.3) is 10.4 Å². The number of carbonyl (C=O) groups excluding carboxylic acids is 2. The molecule has 1 aliphatic rings. The summed E-state index contributed by atoms with van der Waals surface area (Å²) in [6.45, 7) is 4.05. The molecule has 11 heteroatoms. The summed E-state index contributed by atoms with van der Waals surface area (Å²) in [7, 11) is 0. The first-order chi connectivity index (χ1) is 15.9. The first kappa shape index (κ1) is 22.6. The lowest BCUT2D eigenvalue weighted by Gasteiger charge is -2.27. The van der Waals surface area contributed by atoms with E-state index in [2.05, 4.69) is 10.4 Å². The summed E-state index contributed by atoms with van der Waals surface area (Å²) in [6, 6.07) is 9.73. The van der Waals surface area contributed by atoms with Crippen LogP contribution in [0.2, 0.25) is 0 Å². The minimum absolute atomic E-state index is 0.0572. The standard InChI is InChI=1S/C22H23N5O5S/c1-15-19(22(29)25-9-11-32-12-10-25)21(33-20(15)16-5-3-2-4-6-16)24-18(28)7-8-26-14-17(13-23-26)27(30)31/h2-6,13-14H,7-12H2,1H3,(H,24,28). The summed E-state index contributed by atoms with van der Waals surface area (Å²) in [5.74, 6) is -0.433. The van der Waals surface area contributed by atoms with E-state index in [-0.39, 0.29) is 30.5 Å². The van der Waals surface area contributed by atoms with Crippen LogP contribution in [-0.4, -0.2) is 57.7 Å². The summed E-state index contributed by atoms with van der Waals surface area (Å²) >= 11 is 1.37. The average Bonchev–Trinajstić information content (AvgIpc) is 3.43.